The number of carboxylic acid groups (broad SMARTS) is 1. The van der Waals surface area contributed by atoms with Crippen LogP contribution in [0, 0.1) is 0 Å². The van der Waals surface area contributed by atoms with Gasteiger partial charge in [0.05, 0.1) is 0 Å². The molecular weight excluding hydrogens is 234 g/mol. The van der Waals surface area contributed by atoms with Crippen LogP contribution in [0.5, 0.6) is 0 Å². The Balaban J connectivity index is 0. The van der Waals surface area contributed by atoms with Crippen LogP contribution in [0.3, 0.4) is 0 Å². The molecular formula is C13H23NO4. The number of ether oxygens (including phenoxy) is 1. The van der Waals surface area contributed by atoms with Crippen LogP contribution in [-0.2, 0) is 14.3 Å². The van der Waals surface area contributed by atoms with E-state index in [1.807, 2.05) is 20.8 Å². The van der Waals surface area contributed by atoms with Crippen LogP contribution in [0.25, 0.3) is 0 Å². The molecule has 0 radical (unpaired) electrons. The SMILES string of the molecule is C=C(C)C(=O)O.CCC(C(=O)OCCN)=C(C)C. The summed E-state index contributed by atoms with van der Waals surface area (Å²) in [5, 5.41) is 7.89. The molecule has 0 unspecified atom stereocenters. The smallest absolute Gasteiger partial charge is 0.333 e. The average molecular weight is 257 g/mol. The molecule has 0 amide bonds. The monoisotopic (exact) mass is 257 g/mol. The molecule has 104 valence electrons. The molecule has 0 rings (SSSR count). The summed E-state index contributed by atoms with van der Waals surface area (Å²) in [4.78, 5) is 20.8. The number of rotatable bonds is 5. The van der Waals surface area contributed by atoms with Crippen molar-refractivity contribution in [3.8, 4) is 0 Å². The van der Waals surface area contributed by atoms with E-state index in [9.17, 15) is 9.59 Å². The number of carbonyl (C=O) groups excluding carboxylic acids is 1. The molecule has 5 nitrogen and oxygen atoms in total. The average Bonchev–Trinajstić information content (AvgIpc) is 2.27. The molecule has 0 aliphatic heterocycles. The zero-order chi connectivity index (χ0) is 14.7. The zero-order valence-corrected chi connectivity index (χ0v) is 11.6. The van der Waals surface area contributed by atoms with E-state index in [2.05, 4.69) is 6.58 Å². The maximum Gasteiger partial charge on any atom is 0.333 e. The lowest BCUT2D eigenvalue weighted by Gasteiger charge is -2.06. The summed E-state index contributed by atoms with van der Waals surface area (Å²) in [5.41, 5.74) is 7.14. The van der Waals surface area contributed by atoms with Gasteiger partial charge in [-0.1, -0.05) is 19.1 Å². The maximum atomic E-state index is 11.2. The first-order chi connectivity index (χ1) is 8.27. The highest BCUT2D eigenvalue weighted by molar-refractivity contribution is 5.89. The second kappa shape index (κ2) is 10.5. The van der Waals surface area contributed by atoms with E-state index in [4.69, 9.17) is 15.6 Å². The number of esters is 1. The van der Waals surface area contributed by atoms with Gasteiger partial charge in [-0.3, -0.25) is 0 Å². The number of carbonyl (C=O) groups is 2. The van der Waals surface area contributed by atoms with Crippen LogP contribution in [0.2, 0.25) is 0 Å². The van der Waals surface area contributed by atoms with Crippen LogP contribution in [0.1, 0.15) is 34.1 Å². The van der Waals surface area contributed by atoms with E-state index in [-0.39, 0.29) is 11.5 Å². The molecule has 3 N–H and O–H groups in total. The van der Waals surface area contributed by atoms with Gasteiger partial charge >= 0.3 is 11.9 Å². The van der Waals surface area contributed by atoms with E-state index in [0.29, 0.717) is 19.6 Å². The molecule has 18 heavy (non-hydrogen) atoms. The molecule has 0 aliphatic carbocycles. The Labute approximate surface area is 108 Å². The van der Waals surface area contributed by atoms with Gasteiger partial charge in [-0.2, -0.15) is 0 Å². The Morgan fingerprint density at radius 3 is 1.94 bits per heavy atom. The third kappa shape index (κ3) is 9.59. The Morgan fingerprint density at radius 1 is 1.28 bits per heavy atom. The van der Waals surface area contributed by atoms with Gasteiger partial charge in [0.1, 0.15) is 6.61 Å². The van der Waals surface area contributed by atoms with Crippen LogP contribution in [0.15, 0.2) is 23.3 Å². The normalized spacial score (nSPS) is 8.72. The Hall–Kier alpha value is -1.62. The third-order valence-corrected chi connectivity index (χ3v) is 1.92. The lowest BCUT2D eigenvalue weighted by Crippen LogP contribution is -2.15. The molecule has 0 fully saturated rings. The first-order valence-corrected chi connectivity index (χ1v) is 5.70. The second-order valence-electron chi connectivity index (χ2n) is 3.84. The molecule has 0 heterocycles. The van der Waals surface area contributed by atoms with Crippen molar-refractivity contribution in [2.24, 2.45) is 5.73 Å². The van der Waals surface area contributed by atoms with Gasteiger partial charge in [0, 0.05) is 17.7 Å². The summed E-state index contributed by atoms with van der Waals surface area (Å²) in [7, 11) is 0. The van der Waals surface area contributed by atoms with Crippen LogP contribution < -0.4 is 5.73 Å². The van der Waals surface area contributed by atoms with Crippen LogP contribution >= 0.6 is 0 Å². The summed E-state index contributed by atoms with van der Waals surface area (Å²) in [6.45, 7) is 11.0. The summed E-state index contributed by atoms with van der Waals surface area (Å²) in [6, 6.07) is 0. The molecule has 0 aromatic carbocycles. The molecule has 0 aliphatic rings. The van der Waals surface area contributed by atoms with Crippen molar-refractivity contribution in [1.29, 1.82) is 0 Å². The van der Waals surface area contributed by atoms with Gasteiger partial charge in [-0.25, -0.2) is 9.59 Å². The number of hydrogen-bond donors (Lipinski definition) is 2. The highest BCUT2D eigenvalue weighted by Gasteiger charge is 2.09. The van der Waals surface area contributed by atoms with Gasteiger partial charge < -0.3 is 15.6 Å². The molecule has 0 saturated heterocycles. The van der Waals surface area contributed by atoms with Crippen molar-refractivity contribution < 1.29 is 19.4 Å². The summed E-state index contributed by atoms with van der Waals surface area (Å²) < 4.78 is 4.88. The van der Waals surface area contributed by atoms with Crippen molar-refractivity contribution in [1.82, 2.24) is 0 Å². The van der Waals surface area contributed by atoms with E-state index < -0.39 is 5.97 Å². The minimum atomic E-state index is -0.935. The first-order valence-electron chi connectivity index (χ1n) is 5.70. The summed E-state index contributed by atoms with van der Waals surface area (Å²) in [5.74, 6) is -1.17. The third-order valence-electron chi connectivity index (χ3n) is 1.92. The van der Waals surface area contributed by atoms with Gasteiger partial charge in [0.25, 0.3) is 0 Å². The number of allylic oxidation sites excluding steroid dienone is 1. The number of aliphatic carboxylic acids is 1. The quantitative estimate of drug-likeness (QED) is 0.579. The van der Waals surface area contributed by atoms with Crippen LogP contribution in [-0.4, -0.2) is 30.2 Å². The molecule has 0 bridgehead atoms. The van der Waals surface area contributed by atoms with Gasteiger partial charge in [-0.15, -0.1) is 0 Å². The Morgan fingerprint density at radius 2 is 1.72 bits per heavy atom. The highest BCUT2D eigenvalue weighted by Crippen LogP contribution is 2.09. The Kier molecular flexibility index (Phi) is 11.0. The fraction of sp³-hybridized carbons (Fsp3) is 0.538. The van der Waals surface area contributed by atoms with E-state index in [1.165, 1.54) is 6.92 Å². The minimum absolute atomic E-state index is 0.176. The predicted molar refractivity (Wildman–Crippen MR) is 71.1 cm³/mol. The molecule has 0 spiro atoms. The van der Waals surface area contributed by atoms with Gasteiger partial charge in [0.2, 0.25) is 0 Å². The van der Waals surface area contributed by atoms with Crippen molar-refractivity contribution >= 4 is 11.9 Å². The van der Waals surface area contributed by atoms with Crippen molar-refractivity contribution in [3.63, 3.8) is 0 Å². The van der Waals surface area contributed by atoms with E-state index >= 15 is 0 Å². The van der Waals surface area contributed by atoms with Crippen molar-refractivity contribution in [3.05, 3.63) is 23.3 Å². The first kappa shape index (κ1) is 18.7. The zero-order valence-electron chi connectivity index (χ0n) is 11.6. The predicted octanol–water partition coefficient (Wildman–Crippen LogP) is 1.88. The van der Waals surface area contributed by atoms with Crippen molar-refractivity contribution in [2.75, 3.05) is 13.2 Å². The van der Waals surface area contributed by atoms with Gasteiger partial charge in [-0.05, 0) is 27.2 Å². The molecule has 5 heteroatoms. The lowest BCUT2D eigenvalue weighted by atomic mass is 10.1. The second-order valence-corrected chi connectivity index (χ2v) is 3.84. The molecule has 0 saturated carbocycles. The minimum Gasteiger partial charge on any atom is -0.478 e. The Bertz CT molecular complexity index is 316. The molecule has 0 atom stereocenters. The topological polar surface area (TPSA) is 89.6 Å². The standard InChI is InChI=1S/C9H17NO2.C4H6O2/c1-4-8(7(2)3)9(11)12-6-5-10;1-3(2)4(5)6/h4-6,10H2,1-3H3;1H2,2H3,(H,5,6). The number of nitrogens with two attached hydrogens (primary N) is 1. The van der Waals surface area contributed by atoms with Gasteiger partial charge in [0.15, 0.2) is 0 Å². The van der Waals surface area contributed by atoms with Crippen molar-refractivity contribution in [2.45, 2.75) is 34.1 Å². The molecule has 0 aromatic heterocycles. The summed E-state index contributed by atoms with van der Waals surface area (Å²) >= 11 is 0. The van der Waals surface area contributed by atoms with E-state index in [0.717, 1.165) is 11.1 Å². The number of hydrogen-bond acceptors (Lipinski definition) is 4. The largest absolute Gasteiger partial charge is 0.478 e. The molecule has 0 aromatic rings. The van der Waals surface area contributed by atoms with E-state index in [1.54, 1.807) is 0 Å². The fourth-order valence-corrected chi connectivity index (χ4v) is 0.941. The fourth-order valence-electron chi connectivity index (χ4n) is 0.941. The maximum absolute atomic E-state index is 11.2. The lowest BCUT2D eigenvalue weighted by molar-refractivity contribution is -0.139. The summed E-state index contributed by atoms with van der Waals surface area (Å²) in [6.07, 6.45) is 0.714. The highest BCUT2D eigenvalue weighted by atomic mass is 16.5. The number of carboxylic acids is 1. The van der Waals surface area contributed by atoms with Crippen LogP contribution in [0.4, 0.5) is 0 Å².